The summed E-state index contributed by atoms with van der Waals surface area (Å²) >= 11 is 0. The van der Waals surface area contributed by atoms with E-state index in [0.717, 1.165) is 49.1 Å². The largest absolute Gasteiger partial charge is 0.337 e. The minimum atomic E-state index is 0.103. The van der Waals surface area contributed by atoms with Crippen LogP contribution in [-0.4, -0.2) is 47.2 Å². The number of carbonyl (C=O) groups excluding carboxylic acids is 1. The number of H-pyrrole nitrogens is 1. The third-order valence-corrected chi connectivity index (χ3v) is 3.34. The molecular weight excluding hydrogens is 228 g/mol. The number of hydrogen-bond acceptors (Lipinski definition) is 3. The summed E-state index contributed by atoms with van der Waals surface area (Å²) in [6.07, 6.45) is 2.73. The number of fused-ring (bicyclic) bond motifs is 1. The summed E-state index contributed by atoms with van der Waals surface area (Å²) in [7, 11) is 0. The Hall–Kier alpha value is -1.88. The van der Waals surface area contributed by atoms with Crippen molar-refractivity contribution in [1.82, 2.24) is 20.4 Å². The molecule has 1 fully saturated rings. The second-order valence-corrected chi connectivity index (χ2v) is 4.53. The van der Waals surface area contributed by atoms with E-state index in [2.05, 4.69) is 15.5 Å². The van der Waals surface area contributed by atoms with Gasteiger partial charge in [0.15, 0.2) is 0 Å². The molecule has 2 heterocycles. The summed E-state index contributed by atoms with van der Waals surface area (Å²) in [6, 6.07) is 5.70. The van der Waals surface area contributed by atoms with E-state index < -0.39 is 0 Å². The second kappa shape index (κ2) is 4.78. The fourth-order valence-corrected chi connectivity index (χ4v) is 2.37. The highest BCUT2D eigenvalue weighted by molar-refractivity contribution is 6.06. The molecule has 1 aromatic heterocycles. The summed E-state index contributed by atoms with van der Waals surface area (Å²) in [6.45, 7) is 3.44. The number of nitrogens with one attached hydrogen (secondary N) is 2. The first-order valence-corrected chi connectivity index (χ1v) is 6.28. The summed E-state index contributed by atoms with van der Waals surface area (Å²) < 4.78 is 0. The maximum atomic E-state index is 12.5. The predicted octanol–water partition coefficient (Wildman–Crippen LogP) is 0.998. The Kier molecular flexibility index (Phi) is 2.98. The average molecular weight is 244 g/mol. The van der Waals surface area contributed by atoms with Crippen molar-refractivity contribution < 1.29 is 4.79 Å². The summed E-state index contributed by atoms with van der Waals surface area (Å²) in [5.41, 5.74) is 1.65. The monoisotopic (exact) mass is 244 g/mol. The van der Waals surface area contributed by atoms with Crippen molar-refractivity contribution in [3.05, 3.63) is 30.0 Å². The SMILES string of the molecule is O=C(c1cccc2[nH]ncc12)N1CCCNCC1. The Bertz CT molecular complexity index is 555. The molecule has 0 atom stereocenters. The van der Waals surface area contributed by atoms with Gasteiger partial charge >= 0.3 is 0 Å². The number of aromatic amines is 1. The van der Waals surface area contributed by atoms with Crippen molar-refractivity contribution in [2.24, 2.45) is 0 Å². The number of benzene rings is 1. The van der Waals surface area contributed by atoms with Gasteiger partial charge in [-0.05, 0) is 25.1 Å². The molecule has 0 bridgehead atoms. The second-order valence-electron chi connectivity index (χ2n) is 4.53. The van der Waals surface area contributed by atoms with E-state index in [1.807, 2.05) is 23.1 Å². The van der Waals surface area contributed by atoms with Gasteiger partial charge in [0.2, 0.25) is 0 Å². The van der Waals surface area contributed by atoms with Crippen LogP contribution in [0.4, 0.5) is 0 Å². The van der Waals surface area contributed by atoms with Gasteiger partial charge in [-0.1, -0.05) is 6.07 Å². The summed E-state index contributed by atoms with van der Waals surface area (Å²) in [5, 5.41) is 11.1. The van der Waals surface area contributed by atoms with Crippen LogP contribution in [0.5, 0.6) is 0 Å². The Morgan fingerprint density at radius 3 is 3.17 bits per heavy atom. The topological polar surface area (TPSA) is 61.0 Å². The molecule has 1 amide bonds. The van der Waals surface area contributed by atoms with E-state index in [0.29, 0.717) is 0 Å². The lowest BCUT2D eigenvalue weighted by Crippen LogP contribution is -2.34. The van der Waals surface area contributed by atoms with Crippen LogP contribution >= 0.6 is 0 Å². The van der Waals surface area contributed by atoms with Crippen LogP contribution in [0.15, 0.2) is 24.4 Å². The minimum absolute atomic E-state index is 0.103. The number of amides is 1. The molecule has 1 aromatic carbocycles. The molecule has 0 spiro atoms. The lowest BCUT2D eigenvalue weighted by molar-refractivity contribution is 0.0768. The minimum Gasteiger partial charge on any atom is -0.337 e. The molecule has 2 aromatic rings. The standard InChI is InChI=1S/C13H16N4O/c18-13(17-7-2-5-14-6-8-17)10-3-1-4-12-11(10)9-15-16-12/h1,3-4,9,14H,2,5-8H2,(H,15,16). The maximum Gasteiger partial charge on any atom is 0.254 e. The molecule has 5 heteroatoms. The molecule has 0 saturated carbocycles. The quantitative estimate of drug-likeness (QED) is 0.786. The highest BCUT2D eigenvalue weighted by Gasteiger charge is 2.19. The first kappa shape index (κ1) is 11.2. The molecule has 5 nitrogen and oxygen atoms in total. The van der Waals surface area contributed by atoms with Crippen molar-refractivity contribution in [2.45, 2.75) is 6.42 Å². The number of aromatic nitrogens is 2. The summed E-state index contributed by atoms with van der Waals surface area (Å²) in [5.74, 6) is 0.103. The maximum absolute atomic E-state index is 12.5. The van der Waals surface area contributed by atoms with Gasteiger partial charge in [-0.15, -0.1) is 0 Å². The van der Waals surface area contributed by atoms with E-state index in [1.165, 1.54) is 0 Å². The smallest absolute Gasteiger partial charge is 0.254 e. The van der Waals surface area contributed by atoms with Crippen molar-refractivity contribution in [1.29, 1.82) is 0 Å². The first-order chi connectivity index (χ1) is 8.86. The zero-order valence-electron chi connectivity index (χ0n) is 10.1. The van der Waals surface area contributed by atoms with Crippen LogP contribution < -0.4 is 5.32 Å². The van der Waals surface area contributed by atoms with Crippen molar-refractivity contribution in [3.8, 4) is 0 Å². The van der Waals surface area contributed by atoms with Crippen LogP contribution in [0.25, 0.3) is 10.9 Å². The molecule has 1 aliphatic heterocycles. The third-order valence-electron chi connectivity index (χ3n) is 3.34. The molecule has 2 N–H and O–H groups in total. The van der Waals surface area contributed by atoms with Crippen molar-refractivity contribution in [2.75, 3.05) is 26.2 Å². The van der Waals surface area contributed by atoms with Crippen LogP contribution in [0.1, 0.15) is 16.8 Å². The Labute approximate surface area is 105 Å². The molecule has 1 aliphatic rings. The molecule has 0 radical (unpaired) electrons. The predicted molar refractivity (Wildman–Crippen MR) is 69.5 cm³/mol. The Balaban J connectivity index is 1.93. The fourth-order valence-electron chi connectivity index (χ4n) is 2.37. The first-order valence-electron chi connectivity index (χ1n) is 6.28. The Morgan fingerprint density at radius 1 is 1.28 bits per heavy atom. The lowest BCUT2D eigenvalue weighted by atomic mass is 10.1. The zero-order chi connectivity index (χ0) is 12.4. The van der Waals surface area contributed by atoms with Gasteiger partial charge in [-0.25, -0.2) is 0 Å². The number of rotatable bonds is 1. The molecule has 3 rings (SSSR count). The number of carbonyl (C=O) groups is 1. The number of hydrogen-bond donors (Lipinski definition) is 2. The average Bonchev–Trinajstić information content (AvgIpc) is 2.71. The van der Waals surface area contributed by atoms with Crippen LogP contribution in [0.3, 0.4) is 0 Å². The molecule has 0 aliphatic carbocycles. The lowest BCUT2D eigenvalue weighted by Gasteiger charge is -2.20. The molecule has 18 heavy (non-hydrogen) atoms. The fraction of sp³-hybridized carbons (Fsp3) is 0.385. The van der Waals surface area contributed by atoms with Crippen molar-refractivity contribution in [3.63, 3.8) is 0 Å². The van der Waals surface area contributed by atoms with Gasteiger partial charge in [-0.3, -0.25) is 9.89 Å². The van der Waals surface area contributed by atoms with Gasteiger partial charge < -0.3 is 10.2 Å². The third kappa shape index (κ3) is 1.97. The zero-order valence-corrected chi connectivity index (χ0v) is 10.1. The van der Waals surface area contributed by atoms with Gasteiger partial charge in [0.25, 0.3) is 5.91 Å². The van der Waals surface area contributed by atoms with E-state index in [1.54, 1.807) is 6.20 Å². The Morgan fingerprint density at radius 2 is 2.22 bits per heavy atom. The van der Waals surface area contributed by atoms with E-state index in [-0.39, 0.29) is 5.91 Å². The van der Waals surface area contributed by atoms with Crippen LogP contribution in [-0.2, 0) is 0 Å². The van der Waals surface area contributed by atoms with E-state index in [4.69, 9.17) is 0 Å². The normalized spacial score (nSPS) is 16.8. The van der Waals surface area contributed by atoms with Crippen molar-refractivity contribution >= 4 is 16.8 Å². The molecule has 94 valence electrons. The highest BCUT2D eigenvalue weighted by atomic mass is 16.2. The van der Waals surface area contributed by atoms with Crippen LogP contribution in [0.2, 0.25) is 0 Å². The molecule has 0 unspecified atom stereocenters. The van der Waals surface area contributed by atoms with E-state index in [9.17, 15) is 4.79 Å². The van der Waals surface area contributed by atoms with E-state index >= 15 is 0 Å². The number of nitrogens with zero attached hydrogens (tertiary/aromatic N) is 2. The molecular formula is C13H16N4O. The highest BCUT2D eigenvalue weighted by Crippen LogP contribution is 2.18. The van der Waals surface area contributed by atoms with Gasteiger partial charge in [-0.2, -0.15) is 5.10 Å². The van der Waals surface area contributed by atoms with Gasteiger partial charge in [0.05, 0.1) is 17.3 Å². The summed E-state index contributed by atoms with van der Waals surface area (Å²) in [4.78, 5) is 14.4. The van der Waals surface area contributed by atoms with Gasteiger partial charge in [0, 0.05) is 25.0 Å². The molecule has 1 saturated heterocycles. The van der Waals surface area contributed by atoms with Gasteiger partial charge in [0.1, 0.15) is 0 Å². The van der Waals surface area contributed by atoms with Crippen LogP contribution in [0, 0.1) is 0 Å².